The Balaban J connectivity index is 1.48. The van der Waals surface area contributed by atoms with E-state index in [4.69, 9.17) is 0 Å². The summed E-state index contributed by atoms with van der Waals surface area (Å²) in [5.74, 6) is 0.318. The Bertz CT molecular complexity index is 1060. The molecule has 29 heavy (non-hydrogen) atoms. The largest absolute Gasteiger partial charge is 0.339 e. The van der Waals surface area contributed by atoms with Gasteiger partial charge in [-0.3, -0.25) is 4.79 Å². The molecule has 2 heterocycles. The Morgan fingerprint density at radius 3 is 2.59 bits per heavy atom. The lowest BCUT2D eigenvalue weighted by Gasteiger charge is -2.36. The normalized spacial score (nSPS) is 20.3. The Labute approximate surface area is 171 Å². The lowest BCUT2D eigenvalue weighted by Crippen LogP contribution is -2.47. The summed E-state index contributed by atoms with van der Waals surface area (Å²) in [5, 5.41) is 3.06. The van der Waals surface area contributed by atoms with Gasteiger partial charge in [0.2, 0.25) is 0 Å². The number of rotatable bonds is 3. The fourth-order valence-electron chi connectivity index (χ4n) is 3.77. The minimum atomic E-state index is -3.66. The van der Waals surface area contributed by atoms with Crippen molar-refractivity contribution in [2.75, 3.05) is 32.5 Å². The van der Waals surface area contributed by atoms with Crippen LogP contribution in [0, 0.1) is 0 Å². The number of amides is 1. The van der Waals surface area contributed by atoms with Gasteiger partial charge in [0.05, 0.1) is 0 Å². The zero-order valence-corrected chi connectivity index (χ0v) is 17.3. The van der Waals surface area contributed by atoms with Crippen LogP contribution in [-0.2, 0) is 10.0 Å². The molecule has 1 unspecified atom stereocenters. The van der Waals surface area contributed by atoms with Crippen molar-refractivity contribution in [3.8, 4) is 0 Å². The van der Waals surface area contributed by atoms with Crippen LogP contribution < -0.4 is 5.32 Å². The predicted octanol–water partition coefficient (Wildman–Crippen LogP) is 2.41. The molecule has 0 bridgehead atoms. The number of amidine groups is 1. The first-order chi connectivity index (χ1) is 13.8. The molecule has 2 aromatic carbocycles. The van der Waals surface area contributed by atoms with Gasteiger partial charge in [0, 0.05) is 35.9 Å². The molecule has 0 aliphatic carbocycles. The summed E-state index contributed by atoms with van der Waals surface area (Å²) in [5.41, 5.74) is 1.85. The topological polar surface area (TPSA) is 82.1 Å². The Hall–Kier alpha value is -2.71. The molecule has 1 saturated heterocycles. The number of carbonyl (C=O) groups is 1. The van der Waals surface area contributed by atoms with Gasteiger partial charge in [0.25, 0.3) is 15.9 Å². The van der Waals surface area contributed by atoms with E-state index in [9.17, 15) is 13.2 Å². The average molecular weight is 413 g/mol. The molecular formula is C21H24N4O3S. The zero-order chi connectivity index (χ0) is 20.6. The number of benzene rings is 2. The Morgan fingerprint density at radius 2 is 1.86 bits per heavy atom. The number of likely N-dealkylation sites (N-methyl/N-ethyl adjacent to an activating group) is 1. The van der Waals surface area contributed by atoms with Gasteiger partial charge in [-0.25, -0.2) is 0 Å². The van der Waals surface area contributed by atoms with Crippen molar-refractivity contribution in [2.24, 2.45) is 4.40 Å². The number of nitrogens with zero attached hydrogens (tertiary/aromatic N) is 3. The van der Waals surface area contributed by atoms with Gasteiger partial charge in [-0.05, 0) is 63.3 Å². The van der Waals surface area contributed by atoms with Gasteiger partial charge in [0.15, 0.2) is 5.84 Å². The van der Waals surface area contributed by atoms with Crippen molar-refractivity contribution in [3.05, 3.63) is 59.7 Å². The van der Waals surface area contributed by atoms with E-state index in [2.05, 4.69) is 14.6 Å². The summed E-state index contributed by atoms with van der Waals surface area (Å²) >= 11 is 0. The number of hydrogen-bond acceptors (Lipinski definition) is 5. The first-order valence-electron chi connectivity index (χ1n) is 9.62. The maximum atomic E-state index is 12.9. The first kappa shape index (κ1) is 19.6. The molecule has 0 saturated carbocycles. The molecular weight excluding hydrogens is 388 g/mol. The summed E-state index contributed by atoms with van der Waals surface area (Å²) in [6.45, 7) is 1.51. The third-order valence-corrected chi connectivity index (χ3v) is 6.77. The van der Waals surface area contributed by atoms with Crippen LogP contribution >= 0.6 is 0 Å². The highest BCUT2D eigenvalue weighted by atomic mass is 32.2. The third kappa shape index (κ3) is 3.90. The molecule has 2 aliphatic rings. The molecule has 0 aromatic heterocycles. The van der Waals surface area contributed by atoms with E-state index in [-0.39, 0.29) is 10.8 Å². The summed E-state index contributed by atoms with van der Waals surface area (Å²) in [6, 6.07) is 14.2. The van der Waals surface area contributed by atoms with E-state index in [1.165, 1.54) is 0 Å². The van der Waals surface area contributed by atoms with E-state index in [1.54, 1.807) is 48.5 Å². The van der Waals surface area contributed by atoms with Gasteiger partial charge in [-0.15, -0.1) is 4.40 Å². The first-order valence-corrected chi connectivity index (χ1v) is 11.1. The fraction of sp³-hybridized carbons (Fsp3) is 0.333. The van der Waals surface area contributed by atoms with Crippen molar-refractivity contribution in [2.45, 2.75) is 23.8 Å². The third-order valence-electron chi connectivity index (χ3n) is 5.44. The second-order valence-electron chi connectivity index (χ2n) is 7.62. The maximum Gasteiger partial charge on any atom is 0.285 e. The van der Waals surface area contributed by atoms with Crippen molar-refractivity contribution in [3.63, 3.8) is 0 Å². The van der Waals surface area contributed by atoms with Gasteiger partial charge < -0.3 is 15.1 Å². The summed E-state index contributed by atoms with van der Waals surface area (Å²) in [6.07, 6.45) is 2.11. The molecule has 152 valence electrons. The number of nitrogens with one attached hydrogen (secondary N) is 1. The molecule has 0 spiro atoms. The number of hydrogen-bond donors (Lipinski definition) is 1. The molecule has 2 aromatic rings. The SMILES string of the molecule is CN(C)C1CCCN(C(=O)c2ccc(NC3=NS(=O)(=O)c4ccccc43)cc2)C1. The number of piperidine rings is 1. The van der Waals surface area contributed by atoms with Crippen LogP contribution in [0.15, 0.2) is 57.8 Å². The van der Waals surface area contributed by atoms with Gasteiger partial charge in [-0.1, -0.05) is 12.1 Å². The zero-order valence-electron chi connectivity index (χ0n) is 16.5. The molecule has 0 radical (unpaired) electrons. The van der Waals surface area contributed by atoms with E-state index >= 15 is 0 Å². The number of likely N-dealkylation sites (tertiary alicyclic amines) is 1. The molecule has 1 atom stereocenters. The van der Waals surface area contributed by atoms with Gasteiger partial charge in [-0.2, -0.15) is 8.42 Å². The van der Waals surface area contributed by atoms with Crippen molar-refractivity contribution in [1.82, 2.24) is 9.80 Å². The van der Waals surface area contributed by atoms with Crippen LogP contribution in [0.2, 0.25) is 0 Å². The average Bonchev–Trinajstić information content (AvgIpc) is 2.98. The monoisotopic (exact) mass is 412 g/mol. The molecule has 2 aliphatic heterocycles. The smallest absolute Gasteiger partial charge is 0.285 e. The minimum absolute atomic E-state index is 0.0224. The highest BCUT2D eigenvalue weighted by Crippen LogP contribution is 2.27. The lowest BCUT2D eigenvalue weighted by molar-refractivity contribution is 0.0635. The van der Waals surface area contributed by atoms with Crippen molar-refractivity contribution >= 4 is 27.5 Å². The minimum Gasteiger partial charge on any atom is -0.339 e. The molecule has 4 rings (SSSR count). The molecule has 1 amide bonds. The fourth-order valence-corrected chi connectivity index (χ4v) is 4.95. The van der Waals surface area contributed by atoms with Crippen LogP contribution in [0.1, 0.15) is 28.8 Å². The van der Waals surface area contributed by atoms with Crippen molar-refractivity contribution < 1.29 is 13.2 Å². The second-order valence-corrected chi connectivity index (χ2v) is 9.20. The van der Waals surface area contributed by atoms with Crippen LogP contribution in [0.3, 0.4) is 0 Å². The Kier molecular flexibility index (Phi) is 5.14. The standard InChI is InChI=1S/C21H24N4O3S/c1-24(2)17-6-5-13-25(14-17)21(26)15-9-11-16(12-10-15)22-20-18-7-3-4-8-19(18)29(27,28)23-20/h3-4,7-12,17H,5-6,13-14H2,1-2H3,(H,22,23). The van der Waals surface area contributed by atoms with Gasteiger partial charge >= 0.3 is 0 Å². The second kappa shape index (κ2) is 7.61. The van der Waals surface area contributed by atoms with Crippen LogP contribution in [-0.4, -0.2) is 63.2 Å². The number of sulfonamides is 1. The van der Waals surface area contributed by atoms with Crippen LogP contribution in [0.5, 0.6) is 0 Å². The molecule has 7 nitrogen and oxygen atoms in total. The molecule has 1 fully saturated rings. The maximum absolute atomic E-state index is 12.9. The predicted molar refractivity (Wildman–Crippen MR) is 113 cm³/mol. The van der Waals surface area contributed by atoms with E-state index in [0.717, 1.165) is 25.9 Å². The molecule has 8 heteroatoms. The van der Waals surface area contributed by atoms with Crippen LogP contribution in [0.4, 0.5) is 5.69 Å². The highest BCUT2D eigenvalue weighted by Gasteiger charge is 2.29. The van der Waals surface area contributed by atoms with Gasteiger partial charge in [0.1, 0.15) is 4.90 Å². The highest BCUT2D eigenvalue weighted by molar-refractivity contribution is 7.90. The van der Waals surface area contributed by atoms with E-state index in [0.29, 0.717) is 28.7 Å². The number of carbonyl (C=O) groups excluding carboxylic acids is 1. The lowest BCUT2D eigenvalue weighted by atomic mass is 10.0. The number of fused-ring (bicyclic) bond motifs is 1. The quantitative estimate of drug-likeness (QED) is 0.837. The summed E-state index contributed by atoms with van der Waals surface area (Å²) in [4.78, 5) is 17.1. The van der Waals surface area contributed by atoms with E-state index in [1.807, 2.05) is 19.0 Å². The summed E-state index contributed by atoms with van der Waals surface area (Å²) in [7, 11) is 0.427. The van der Waals surface area contributed by atoms with E-state index < -0.39 is 10.0 Å². The Morgan fingerprint density at radius 1 is 1.14 bits per heavy atom. The van der Waals surface area contributed by atoms with Crippen molar-refractivity contribution in [1.29, 1.82) is 0 Å². The molecule has 1 N–H and O–H groups in total. The summed E-state index contributed by atoms with van der Waals surface area (Å²) < 4.78 is 28.2. The van der Waals surface area contributed by atoms with Crippen LogP contribution in [0.25, 0.3) is 0 Å². The number of anilines is 1.